The molecule has 1 heterocycles. The van der Waals surface area contributed by atoms with E-state index < -0.39 is 10.0 Å². The number of hydrazine groups is 1. The molecule has 0 bridgehead atoms. The van der Waals surface area contributed by atoms with Crippen molar-refractivity contribution in [3.8, 4) is 0 Å². The fraction of sp³-hybridized carbons (Fsp3) is 0.571. The van der Waals surface area contributed by atoms with Gasteiger partial charge in [0.15, 0.2) is 0 Å². The SMILES string of the molecule is Cc1cc(C)c(S(=O)(=O)NN2CCN(C)CC2)c(C)c1. The summed E-state index contributed by atoms with van der Waals surface area (Å²) >= 11 is 0. The van der Waals surface area contributed by atoms with Crippen LogP contribution in [0.4, 0.5) is 0 Å². The second kappa shape index (κ2) is 5.81. The van der Waals surface area contributed by atoms with Crippen molar-refractivity contribution in [3.63, 3.8) is 0 Å². The first-order chi connectivity index (χ1) is 9.29. The number of piperazine rings is 1. The first kappa shape index (κ1) is 15.4. The molecule has 5 nitrogen and oxygen atoms in total. The lowest BCUT2D eigenvalue weighted by molar-refractivity contribution is 0.135. The zero-order valence-electron chi connectivity index (χ0n) is 12.6. The van der Waals surface area contributed by atoms with E-state index in [1.807, 2.05) is 40.0 Å². The standard InChI is InChI=1S/C14H23N3O2S/c1-11-9-12(2)14(13(3)10-11)20(18,19)15-17-7-5-16(4)6-8-17/h9-10,15H,5-8H2,1-4H3. The van der Waals surface area contributed by atoms with Crippen LogP contribution in [0.5, 0.6) is 0 Å². The Morgan fingerprint density at radius 2 is 1.50 bits per heavy atom. The monoisotopic (exact) mass is 297 g/mol. The van der Waals surface area contributed by atoms with Crippen molar-refractivity contribution in [1.29, 1.82) is 0 Å². The van der Waals surface area contributed by atoms with E-state index in [-0.39, 0.29) is 0 Å². The third-order valence-corrected chi connectivity index (χ3v) is 5.31. The minimum Gasteiger partial charge on any atom is -0.304 e. The third kappa shape index (κ3) is 3.38. The number of nitrogens with zero attached hydrogens (tertiary/aromatic N) is 2. The molecule has 2 rings (SSSR count). The summed E-state index contributed by atoms with van der Waals surface area (Å²) in [6.45, 7) is 8.82. The topological polar surface area (TPSA) is 52.7 Å². The van der Waals surface area contributed by atoms with E-state index >= 15 is 0 Å². The van der Waals surface area contributed by atoms with Crippen LogP contribution in [0.2, 0.25) is 0 Å². The maximum Gasteiger partial charge on any atom is 0.253 e. The molecule has 0 aliphatic carbocycles. The predicted molar refractivity (Wildman–Crippen MR) is 80.0 cm³/mol. The van der Waals surface area contributed by atoms with E-state index in [0.29, 0.717) is 18.0 Å². The van der Waals surface area contributed by atoms with Crippen molar-refractivity contribution in [3.05, 3.63) is 28.8 Å². The normalized spacial score (nSPS) is 18.4. The average molecular weight is 297 g/mol. The molecule has 1 aromatic rings. The van der Waals surface area contributed by atoms with Crippen molar-refractivity contribution in [2.75, 3.05) is 33.2 Å². The first-order valence-electron chi connectivity index (χ1n) is 6.83. The zero-order valence-corrected chi connectivity index (χ0v) is 13.4. The van der Waals surface area contributed by atoms with Gasteiger partial charge in [-0.2, -0.15) is 0 Å². The van der Waals surface area contributed by atoms with Gasteiger partial charge in [-0.15, -0.1) is 4.83 Å². The van der Waals surface area contributed by atoms with Crippen molar-refractivity contribution in [1.82, 2.24) is 14.7 Å². The second-order valence-electron chi connectivity index (χ2n) is 5.61. The van der Waals surface area contributed by atoms with Crippen LogP contribution in [0.15, 0.2) is 17.0 Å². The lowest BCUT2D eigenvalue weighted by Gasteiger charge is -2.32. The lowest BCUT2D eigenvalue weighted by Crippen LogP contribution is -2.52. The minimum atomic E-state index is -3.50. The number of nitrogens with one attached hydrogen (secondary N) is 1. The van der Waals surface area contributed by atoms with E-state index in [4.69, 9.17) is 0 Å². The lowest BCUT2D eigenvalue weighted by atomic mass is 10.1. The van der Waals surface area contributed by atoms with Gasteiger partial charge in [-0.05, 0) is 38.9 Å². The molecule has 6 heteroatoms. The predicted octanol–water partition coefficient (Wildman–Crippen LogP) is 1.05. The molecule has 1 aliphatic rings. The Labute approximate surface area is 121 Å². The van der Waals surface area contributed by atoms with Crippen LogP contribution >= 0.6 is 0 Å². The van der Waals surface area contributed by atoms with Crippen molar-refractivity contribution in [2.24, 2.45) is 0 Å². The maximum absolute atomic E-state index is 12.6. The molecule has 1 aliphatic heterocycles. The minimum absolute atomic E-state index is 0.405. The van der Waals surface area contributed by atoms with Crippen LogP contribution in [0.3, 0.4) is 0 Å². The van der Waals surface area contributed by atoms with E-state index in [1.54, 1.807) is 5.01 Å². The average Bonchev–Trinajstić information content (AvgIpc) is 2.30. The van der Waals surface area contributed by atoms with Crippen molar-refractivity contribution >= 4 is 10.0 Å². The number of benzene rings is 1. The number of hydrogen-bond donors (Lipinski definition) is 1. The molecule has 1 fully saturated rings. The summed E-state index contributed by atoms with van der Waals surface area (Å²) in [6, 6.07) is 3.82. The molecule has 0 spiro atoms. The molecule has 0 amide bonds. The van der Waals surface area contributed by atoms with Gasteiger partial charge < -0.3 is 4.90 Å². The summed E-state index contributed by atoms with van der Waals surface area (Å²) in [4.78, 5) is 5.30. The largest absolute Gasteiger partial charge is 0.304 e. The maximum atomic E-state index is 12.6. The van der Waals surface area contributed by atoms with Gasteiger partial charge in [-0.25, -0.2) is 13.4 Å². The smallest absolute Gasteiger partial charge is 0.253 e. The summed E-state index contributed by atoms with van der Waals surface area (Å²) in [6.07, 6.45) is 0. The van der Waals surface area contributed by atoms with E-state index in [1.165, 1.54) is 0 Å². The van der Waals surface area contributed by atoms with Crippen LogP contribution in [-0.4, -0.2) is 51.6 Å². The van der Waals surface area contributed by atoms with Gasteiger partial charge in [0.25, 0.3) is 10.0 Å². The van der Waals surface area contributed by atoms with Crippen LogP contribution in [0.25, 0.3) is 0 Å². The quantitative estimate of drug-likeness (QED) is 0.906. The Hall–Kier alpha value is -0.950. The summed E-state index contributed by atoms with van der Waals surface area (Å²) in [5, 5.41) is 1.79. The number of aryl methyl sites for hydroxylation is 3. The Morgan fingerprint density at radius 1 is 1.00 bits per heavy atom. The molecule has 1 N–H and O–H groups in total. The van der Waals surface area contributed by atoms with Crippen LogP contribution < -0.4 is 4.83 Å². The highest BCUT2D eigenvalue weighted by atomic mass is 32.2. The zero-order chi connectivity index (χ0) is 14.9. The molecule has 20 heavy (non-hydrogen) atoms. The summed E-state index contributed by atoms with van der Waals surface area (Å²) in [5.74, 6) is 0. The molecule has 1 saturated heterocycles. The summed E-state index contributed by atoms with van der Waals surface area (Å²) in [5.41, 5.74) is 2.67. The van der Waals surface area contributed by atoms with Gasteiger partial charge in [0.05, 0.1) is 4.90 Å². The Kier molecular flexibility index (Phi) is 4.49. The third-order valence-electron chi connectivity index (χ3n) is 3.63. The van der Waals surface area contributed by atoms with Crippen LogP contribution in [0, 0.1) is 20.8 Å². The highest BCUT2D eigenvalue weighted by Crippen LogP contribution is 2.21. The number of rotatable bonds is 3. The molecule has 0 atom stereocenters. The van der Waals surface area contributed by atoms with Gasteiger partial charge in [-0.1, -0.05) is 17.7 Å². The van der Waals surface area contributed by atoms with Crippen molar-refractivity contribution < 1.29 is 8.42 Å². The molecular formula is C14H23N3O2S. The fourth-order valence-corrected chi connectivity index (χ4v) is 4.28. The molecule has 112 valence electrons. The molecular weight excluding hydrogens is 274 g/mol. The van der Waals surface area contributed by atoms with Crippen LogP contribution in [-0.2, 0) is 10.0 Å². The Morgan fingerprint density at radius 3 is 2.00 bits per heavy atom. The second-order valence-corrected chi connectivity index (χ2v) is 7.21. The number of sulfonamides is 1. The highest BCUT2D eigenvalue weighted by Gasteiger charge is 2.24. The van der Waals surface area contributed by atoms with Gasteiger partial charge in [0.2, 0.25) is 0 Å². The summed E-state index contributed by atoms with van der Waals surface area (Å²) in [7, 11) is -1.46. The van der Waals surface area contributed by atoms with Crippen molar-refractivity contribution in [2.45, 2.75) is 25.7 Å². The van der Waals surface area contributed by atoms with E-state index in [0.717, 1.165) is 29.8 Å². The van der Waals surface area contributed by atoms with Gasteiger partial charge in [-0.3, -0.25) is 0 Å². The number of likely N-dealkylation sites (N-methyl/N-ethyl adjacent to an activating group) is 1. The van der Waals surface area contributed by atoms with Gasteiger partial charge in [0.1, 0.15) is 0 Å². The molecule has 0 radical (unpaired) electrons. The number of hydrogen-bond acceptors (Lipinski definition) is 4. The molecule has 0 aromatic heterocycles. The van der Waals surface area contributed by atoms with E-state index in [2.05, 4.69) is 9.73 Å². The molecule has 0 unspecified atom stereocenters. The van der Waals surface area contributed by atoms with Crippen LogP contribution in [0.1, 0.15) is 16.7 Å². The van der Waals surface area contributed by atoms with Gasteiger partial charge >= 0.3 is 0 Å². The Balaban J connectivity index is 2.23. The summed E-state index contributed by atoms with van der Waals surface area (Å²) < 4.78 is 25.1. The first-order valence-corrected chi connectivity index (χ1v) is 8.32. The van der Waals surface area contributed by atoms with Gasteiger partial charge in [0, 0.05) is 26.2 Å². The molecule has 1 aromatic carbocycles. The fourth-order valence-electron chi connectivity index (χ4n) is 2.70. The van der Waals surface area contributed by atoms with E-state index in [9.17, 15) is 8.42 Å². The Bertz CT molecular complexity index is 567. The highest BCUT2D eigenvalue weighted by molar-refractivity contribution is 7.89. The molecule has 0 saturated carbocycles.